The van der Waals surface area contributed by atoms with Gasteiger partial charge >= 0.3 is 0 Å². The van der Waals surface area contributed by atoms with Gasteiger partial charge in [-0.05, 0) is 24.1 Å². The van der Waals surface area contributed by atoms with Crippen molar-refractivity contribution in [2.45, 2.75) is 18.5 Å². The van der Waals surface area contributed by atoms with E-state index in [2.05, 4.69) is 17.4 Å². The number of rotatable bonds is 5. The topological polar surface area (TPSA) is 61.7 Å². The third kappa shape index (κ3) is 3.17. The third-order valence-electron chi connectivity index (χ3n) is 3.76. The number of benzene rings is 2. The molecular formula is C17H19NO3. The standard InChI is InChI=1S/C17H19NO3/c19-10-13(8-12-4-2-1-3-5-12)18-16-11-21-17-9-14(20)6-7-15(16)17/h1-7,9,13,16,18-20H,8,10-11H2. The van der Waals surface area contributed by atoms with Gasteiger partial charge in [-0.25, -0.2) is 0 Å². The summed E-state index contributed by atoms with van der Waals surface area (Å²) < 4.78 is 5.58. The third-order valence-corrected chi connectivity index (χ3v) is 3.76. The lowest BCUT2D eigenvalue weighted by Crippen LogP contribution is -2.38. The molecule has 1 aliphatic rings. The first kappa shape index (κ1) is 13.9. The van der Waals surface area contributed by atoms with Gasteiger partial charge in [-0.15, -0.1) is 0 Å². The Morgan fingerprint density at radius 1 is 1.19 bits per heavy atom. The second kappa shape index (κ2) is 6.16. The zero-order valence-electron chi connectivity index (χ0n) is 11.7. The van der Waals surface area contributed by atoms with Crippen LogP contribution in [0.25, 0.3) is 0 Å². The number of hydrogen-bond acceptors (Lipinski definition) is 4. The minimum atomic E-state index is -0.0271. The van der Waals surface area contributed by atoms with Gasteiger partial charge in [-0.2, -0.15) is 0 Å². The van der Waals surface area contributed by atoms with Crippen LogP contribution < -0.4 is 10.1 Å². The number of phenols is 1. The predicted octanol–water partition coefficient (Wildman–Crippen LogP) is 2.02. The second-order valence-corrected chi connectivity index (χ2v) is 5.32. The minimum Gasteiger partial charge on any atom is -0.508 e. The first-order valence-electron chi connectivity index (χ1n) is 7.13. The molecule has 0 aliphatic carbocycles. The van der Waals surface area contributed by atoms with E-state index in [-0.39, 0.29) is 24.4 Å². The Morgan fingerprint density at radius 2 is 2.00 bits per heavy atom. The summed E-state index contributed by atoms with van der Waals surface area (Å²) in [5, 5.41) is 22.5. The number of aliphatic hydroxyl groups is 1. The highest BCUT2D eigenvalue weighted by molar-refractivity contribution is 5.44. The highest BCUT2D eigenvalue weighted by atomic mass is 16.5. The van der Waals surface area contributed by atoms with E-state index >= 15 is 0 Å². The summed E-state index contributed by atoms with van der Waals surface area (Å²) in [6, 6.07) is 15.3. The van der Waals surface area contributed by atoms with Gasteiger partial charge in [0.15, 0.2) is 0 Å². The van der Waals surface area contributed by atoms with Crippen molar-refractivity contribution in [3.63, 3.8) is 0 Å². The van der Waals surface area contributed by atoms with Crippen molar-refractivity contribution in [3.05, 3.63) is 59.7 Å². The molecular weight excluding hydrogens is 266 g/mol. The summed E-state index contributed by atoms with van der Waals surface area (Å²) in [5.41, 5.74) is 2.22. The lowest BCUT2D eigenvalue weighted by molar-refractivity contribution is 0.218. The molecule has 0 saturated heterocycles. The molecule has 2 aromatic rings. The fourth-order valence-corrected chi connectivity index (χ4v) is 2.70. The van der Waals surface area contributed by atoms with Crippen LogP contribution in [0.1, 0.15) is 17.2 Å². The zero-order chi connectivity index (χ0) is 14.7. The molecule has 2 aromatic carbocycles. The number of ether oxygens (including phenoxy) is 1. The summed E-state index contributed by atoms with van der Waals surface area (Å²) in [6.45, 7) is 0.586. The van der Waals surface area contributed by atoms with E-state index in [0.717, 1.165) is 12.0 Å². The molecule has 3 N–H and O–H groups in total. The molecule has 0 bridgehead atoms. The summed E-state index contributed by atoms with van der Waals surface area (Å²) in [6.07, 6.45) is 0.765. The maximum Gasteiger partial charge on any atom is 0.127 e. The van der Waals surface area contributed by atoms with Gasteiger partial charge in [0.05, 0.1) is 12.6 Å². The highest BCUT2D eigenvalue weighted by Gasteiger charge is 2.26. The molecule has 4 nitrogen and oxygen atoms in total. The van der Waals surface area contributed by atoms with Gasteiger partial charge in [0.25, 0.3) is 0 Å². The molecule has 0 radical (unpaired) electrons. The summed E-state index contributed by atoms with van der Waals surface area (Å²) >= 11 is 0. The largest absolute Gasteiger partial charge is 0.508 e. The Kier molecular flexibility index (Phi) is 4.08. The molecule has 0 saturated carbocycles. The number of hydrogen-bond donors (Lipinski definition) is 3. The maximum absolute atomic E-state index is 9.60. The van der Waals surface area contributed by atoms with Crippen molar-refractivity contribution in [2.24, 2.45) is 0 Å². The molecule has 0 fully saturated rings. The molecule has 0 amide bonds. The van der Waals surface area contributed by atoms with Crippen LogP contribution in [-0.4, -0.2) is 29.5 Å². The lowest BCUT2D eigenvalue weighted by atomic mass is 10.0. The maximum atomic E-state index is 9.60. The number of aromatic hydroxyl groups is 1. The van der Waals surface area contributed by atoms with Gasteiger partial charge < -0.3 is 20.3 Å². The van der Waals surface area contributed by atoms with Crippen LogP contribution in [0, 0.1) is 0 Å². The molecule has 0 spiro atoms. The minimum absolute atomic E-state index is 0.0271. The fourth-order valence-electron chi connectivity index (χ4n) is 2.70. The molecule has 110 valence electrons. The zero-order valence-corrected chi connectivity index (χ0v) is 11.7. The average molecular weight is 285 g/mol. The van der Waals surface area contributed by atoms with Gasteiger partial charge in [-0.1, -0.05) is 30.3 Å². The molecule has 3 rings (SSSR count). The number of phenolic OH excluding ortho intramolecular Hbond substituents is 1. The first-order valence-corrected chi connectivity index (χ1v) is 7.13. The Balaban J connectivity index is 1.69. The van der Waals surface area contributed by atoms with Crippen molar-refractivity contribution in [1.82, 2.24) is 5.32 Å². The monoisotopic (exact) mass is 285 g/mol. The van der Waals surface area contributed by atoms with Crippen molar-refractivity contribution in [1.29, 1.82) is 0 Å². The van der Waals surface area contributed by atoms with E-state index in [4.69, 9.17) is 4.74 Å². The fraction of sp³-hybridized carbons (Fsp3) is 0.294. The SMILES string of the molecule is OCC(Cc1ccccc1)NC1COc2cc(O)ccc21. The van der Waals surface area contributed by atoms with E-state index in [9.17, 15) is 10.2 Å². The normalized spacial score (nSPS) is 18.0. The quantitative estimate of drug-likeness (QED) is 0.786. The van der Waals surface area contributed by atoms with Crippen LogP contribution in [-0.2, 0) is 6.42 Å². The Bertz CT molecular complexity index is 600. The van der Waals surface area contributed by atoms with Crippen LogP contribution in [0.4, 0.5) is 0 Å². The van der Waals surface area contributed by atoms with Crippen LogP contribution in [0.2, 0.25) is 0 Å². The van der Waals surface area contributed by atoms with E-state index in [1.807, 2.05) is 24.3 Å². The summed E-state index contributed by atoms with van der Waals surface area (Å²) in [5.74, 6) is 0.918. The van der Waals surface area contributed by atoms with E-state index in [0.29, 0.717) is 12.4 Å². The molecule has 1 aliphatic heterocycles. The lowest BCUT2D eigenvalue weighted by Gasteiger charge is -2.20. The van der Waals surface area contributed by atoms with E-state index in [1.165, 1.54) is 5.56 Å². The van der Waals surface area contributed by atoms with Crippen LogP contribution in [0.15, 0.2) is 48.5 Å². The van der Waals surface area contributed by atoms with E-state index < -0.39 is 0 Å². The Labute approximate surface area is 124 Å². The van der Waals surface area contributed by atoms with Crippen molar-refractivity contribution in [2.75, 3.05) is 13.2 Å². The smallest absolute Gasteiger partial charge is 0.127 e. The molecule has 2 atom stereocenters. The van der Waals surface area contributed by atoms with Gasteiger partial charge in [-0.3, -0.25) is 0 Å². The van der Waals surface area contributed by atoms with Crippen molar-refractivity contribution in [3.8, 4) is 11.5 Å². The molecule has 0 aromatic heterocycles. The van der Waals surface area contributed by atoms with Gasteiger partial charge in [0.2, 0.25) is 0 Å². The average Bonchev–Trinajstić information content (AvgIpc) is 2.89. The second-order valence-electron chi connectivity index (χ2n) is 5.32. The number of aliphatic hydroxyl groups excluding tert-OH is 1. The van der Waals surface area contributed by atoms with E-state index in [1.54, 1.807) is 12.1 Å². The first-order chi connectivity index (χ1) is 10.3. The molecule has 2 unspecified atom stereocenters. The molecule has 4 heteroatoms. The summed E-state index contributed by atoms with van der Waals surface area (Å²) in [7, 11) is 0. The Hall–Kier alpha value is -2.04. The van der Waals surface area contributed by atoms with Crippen LogP contribution >= 0.6 is 0 Å². The van der Waals surface area contributed by atoms with Gasteiger partial charge in [0, 0.05) is 17.7 Å². The molecule has 21 heavy (non-hydrogen) atoms. The van der Waals surface area contributed by atoms with Gasteiger partial charge in [0.1, 0.15) is 18.1 Å². The number of fused-ring (bicyclic) bond motifs is 1. The summed E-state index contributed by atoms with van der Waals surface area (Å²) in [4.78, 5) is 0. The van der Waals surface area contributed by atoms with Crippen LogP contribution in [0.5, 0.6) is 11.5 Å². The number of nitrogens with one attached hydrogen (secondary N) is 1. The highest BCUT2D eigenvalue weighted by Crippen LogP contribution is 2.35. The Morgan fingerprint density at radius 3 is 2.76 bits per heavy atom. The van der Waals surface area contributed by atoms with Crippen molar-refractivity contribution >= 4 is 0 Å². The predicted molar refractivity (Wildman–Crippen MR) is 80.5 cm³/mol. The van der Waals surface area contributed by atoms with Crippen LogP contribution in [0.3, 0.4) is 0 Å². The molecule has 1 heterocycles. The van der Waals surface area contributed by atoms with Crippen molar-refractivity contribution < 1.29 is 14.9 Å².